The maximum absolute atomic E-state index is 10.9. The number of nitrogens with one attached hydrogen (secondary N) is 1. The van der Waals surface area contributed by atoms with E-state index in [1.807, 2.05) is 31.1 Å². The van der Waals surface area contributed by atoms with Crippen LogP contribution in [-0.2, 0) is 4.79 Å². The van der Waals surface area contributed by atoms with Crippen LogP contribution in [0.3, 0.4) is 0 Å². The Morgan fingerprint density at radius 3 is 2.57 bits per heavy atom. The predicted molar refractivity (Wildman–Crippen MR) is 54.0 cm³/mol. The predicted octanol–water partition coefficient (Wildman–Crippen LogP) is 1.34. The Morgan fingerprint density at radius 2 is 2.21 bits per heavy atom. The van der Waals surface area contributed by atoms with Gasteiger partial charge in [-0.3, -0.25) is 4.79 Å². The number of aliphatic carboxylic acids is 1. The zero-order valence-corrected chi connectivity index (χ0v) is 8.69. The van der Waals surface area contributed by atoms with Crippen molar-refractivity contribution in [2.24, 2.45) is 5.92 Å². The van der Waals surface area contributed by atoms with Gasteiger partial charge in [-0.2, -0.15) is 0 Å². The Morgan fingerprint density at radius 1 is 1.57 bits per heavy atom. The minimum Gasteiger partial charge on any atom is -0.481 e. The van der Waals surface area contributed by atoms with Gasteiger partial charge in [0.2, 0.25) is 0 Å². The van der Waals surface area contributed by atoms with E-state index >= 15 is 0 Å². The van der Waals surface area contributed by atoms with Crippen LogP contribution in [0.1, 0.15) is 18.7 Å². The van der Waals surface area contributed by atoms with Gasteiger partial charge in [-0.05, 0) is 33.2 Å². The zero-order valence-electron chi connectivity index (χ0n) is 8.69. The fourth-order valence-corrected chi connectivity index (χ4v) is 1.66. The van der Waals surface area contributed by atoms with Gasteiger partial charge in [0.15, 0.2) is 0 Å². The Kier molecular flexibility index (Phi) is 3.30. The minimum atomic E-state index is -0.779. The highest BCUT2D eigenvalue weighted by Gasteiger charge is 2.27. The molecule has 0 radical (unpaired) electrons. The first kappa shape index (κ1) is 10.8. The molecule has 1 heterocycles. The lowest BCUT2D eigenvalue weighted by Crippen LogP contribution is -2.30. The first-order chi connectivity index (χ1) is 6.54. The molecule has 4 heteroatoms. The number of nitrogens with zero attached hydrogens (tertiary/aromatic N) is 1. The van der Waals surface area contributed by atoms with Crippen molar-refractivity contribution in [2.75, 3.05) is 14.1 Å². The van der Waals surface area contributed by atoms with Gasteiger partial charge in [0.25, 0.3) is 0 Å². The summed E-state index contributed by atoms with van der Waals surface area (Å²) in [6, 6.07) is 3.67. The summed E-state index contributed by atoms with van der Waals surface area (Å²) in [5.41, 5.74) is 0.935. The molecule has 1 aromatic heterocycles. The quantitative estimate of drug-likeness (QED) is 0.764. The van der Waals surface area contributed by atoms with E-state index in [-0.39, 0.29) is 6.04 Å². The summed E-state index contributed by atoms with van der Waals surface area (Å²) in [7, 11) is 3.76. The number of H-pyrrole nitrogens is 1. The van der Waals surface area contributed by atoms with Gasteiger partial charge in [0, 0.05) is 11.9 Å². The second-order valence-electron chi connectivity index (χ2n) is 3.66. The van der Waals surface area contributed by atoms with Gasteiger partial charge in [-0.1, -0.05) is 0 Å². The number of carboxylic acid groups (broad SMARTS) is 1. The Hall–Kier alpha value is -1.29. The van der Waals surface area contributed by atoms with E-state index in [0.29, 0.717) is 0 Å². The number of aromatic amines is 1. The fraction of sp³-hybridized carbons (Fsp3) is 0.500. The van der Waals surface area contributed by atoms with E-state index in [1.165, 1.54) is 0 Å². The molecule has 14 heavy (non-hydrogen) atoms. The molecule has 0 amide bonds. The van der Waals surface area contributed by atoms with Crippen LogP contribution in [0.15, 0.2) is 18.3 Å². The van der Waals surface area contributed by atoms with Crippen molar-refractivity contribution in [1.29, 1.82) is 0 Å². The summed E-state index contributed by atoms with van der Waals surface area (Å²) >= 11 is 0. The normalized spacial score (nSPS) is 15.4. The second-order valence-corrected chi connectivity index (χ2v) is 3.66. The number of aromatic nitrogens is 1. The third-order valence-corrected chi connectivity index (χ3v) is 2.36. The number of hydrogen-bond donors (Lipinski definition) is 2. The average molecular weight is 196 g/mol. The molecule has 0 fully saturated rings. The smallest absolute Gasteiger partial charge is 0.308 e. The summed E-state index contributed by atoms with van der Waals surface area (Å²) < 4.78 is 0. The van der Waals surface area contributed by atoms with Gasteiger partial charge < -0.3 is 15.0 Å². The molecule has 2 N–H and O–H groups in total. The number of rotatable bonds is 4. The fourth-order valence-electron chi connectivity index (χ4n) is 1.66. The van der Waals surface area contributed by atoms with Gasteiger partial charge in [0.1, 0.15) is 0 Å². The lowest BCUT2D eigenvalue weighted by atomic mass is 9.98. The van der Waals surface area contributed by atoms with Crippen molar-refractivity contribution in [2.45, 2.75) is 13.0 Å². The molecule has 78 valence electrons. The van der Waals surface area contributed by atoms with Crippen LogP contribution in [0.2, 0.25) is 0 Å². The maximum Gasteiger partial charge on any atom is 0.308 e. The topological polar surface area (TPSA) is 56.3 Å². The molecule has 2 unspecified atom stereocenters. The molecule has 1 rings (SSSR count). The summed E-state index contributed by atoms with van der Waals surface area (Å²) in [5.74, 6) is -1.21. The number of carbonyl (C=O) groups is 1. The minimum absolute atomic E-state index is 0.109. The summed E-state index contributed by atoms with van der Waals surface area (Å²) in [6.45, 7) is 1.72. The van der Waals surface area contributed by atoms with E-state index < -0.39 is 11.9 Å². The molecule has 4 nitrogen and oxygen atoms in total. The molecule has 0 aliphatic rings. The summed E-state index contributed by atoms with van der Waals surface area (Å²) in [6.07, 6.45) is 1.81. The summed E-state index contributed by atoms with van der Waals surface area (Å²) in [4.78, 5) is 15.9. The highest BCUT2D eigenvalue weighted by Crippen LogP contribution is 2.25. The highest BCUT2D eigenvalue weighted by atomic mass is 16.4. The molecule has 2 atom stereocenters. The zero-order chi connectivity index (χ0) is 10.7. The van der Waals surface area contributed by atoms with Crippen molar-refractivity contribution < 1.29 is 9.90 Å². The monoisotopic (exact) mass is 196 g/mol. The van der Waals surface area contributed by atoms with Crippen LogP contribution in [0.5, 0.6) is 0 Å². The number of hydrogen-bond acceptors (Lipinski definition) is 2. The Bertz CT molecular complexity index is 293. The van der Waals surface area contributed by atoms with Crippen LogP contribution in [-0.4, -0.2) is 35.1 Å². The van der Waals surface area contributed by atoms with Crippen LogP contribution < -0.4 is 0 Å². The van der Waals surface area contributed by atoms with Crippen molar-refractivity contribution in [3.63, 3.8) is 0 Å². The molecule has 0 aromatic carbocycles. The molecular formula is C10H16N2O2. The third kappa shape index (κ3) is 2.14. The molecule has 0 bridgehead atoms. The van der Waals surface area contributed by atoms with E-state index in [0.717, 1.165) is 5.69 Å². The van der Waals surface area contributed by atoms with Crippen LogP contribution in [0.4, 0.5) is 0 Å². The SMILES string of the molecule is CC(C(=O)O)C(c1ccc[nH]1)N(C)C. The van der Waals surface area contributed by atoms with Crippen LogP contribution in [0.25, 0.3) is 0 Å². The number of carboxylic acids is 1. The largest absolute Gasteiger partial charge is 0.481 e. The molecule has 1 aromatic rings. The first-order valence-electron chi connectivity index (χ1n) is 4.56. The van der Waals surface area contributed by atoms with Crippen LogP contribution in [0, 0.1) is 5.92 Å². The Balaban J connectivity index is 2.91. The van der Waals surface area contributed by atoms with E-state index in [1.54, 1.807) is 13.1 Å². The molecule has 0 saturated carbocycles. The first-order valence-corrected chi connectivity index (χ1v) is 4.56. The maximum atomic E-state index is 10.9. The lowest BCUT2D eigenvalue weighted by Gasteiger charge is -2.26. The standard InChI is InChI=1S/C10H16N2O2/c1-7(10(13)14)9(12(2)3)8-5-4-6-11-8/h4-7,9,11H,1-3H3,(H,13,14). The van der Waals surface area contributed by atoms with E-state index in [9.17, 15) is 4.79 Å². The molecule has 0 aliphatic heterocycles. The Labute approximate surface area is 83.5 Å². The van der Waals surface area contributed by atoms with E-state index in [2.05, 4.69) is 4.98 Å². The van der Waals surface area contributed by atoms with Crippen molar-refractivity contribution >= 4 is 5.97 Å². The van der Waals surface area contributed by atoms with Gasteiger partial charge in [0.05, 0.1) is 12.0 Å². The van der Waals surface area contributed by atoms with Gasteiger partial charge >= 0.3 is 5.97 Å². The van der Waals surface area contributed by atoms with E-state index in [4.69, 9.17) is 5.11 Å². The summed E-state index contributed by atoms with van der Waals surface area (Å²) in [5, 5.41) is 8.96. The highest BCUT2D eigenvalue weighted by molar-refractivity contribution is 5.70. The molecule has 0 saturated heterocycles. The molecule has 0 spiro atoms. The van der Waals surface area contributed by atoms with Crippen molar-refractivity contribution in [1.82, 2.24) is 9.88 Å². The molecular weight excluding hydrogens is 180 g/mol. The van der Waals surface area contributed by atoms with Gasteiger partial charge in [-0.25, -0.2) is 0 Å². The molecule has 0 aliphatic carbocycles. The third-order valence-electron chi connectivity index (χ3n) is 2.36. The average Bonchev–Trinajstić information content (AvgIpc) is 2.56. The van der Waals surface area contributed by atoms with Gasteiger partial charge in [-0.15, -0.1) is 0 Å². The van der Waals surface area contributed by atoms with Crippen molar-refractivity contribution in [3.8, 4) is 0 Å². The second kappa shape index (κ2) is 4.28. The lowest BCUT2D eigenvalue weighted by molar-refractivity contribution is -0.143. The van der Waals surface area contributed by atoms with Crippen LogP contribution >= 0.6 is 0 Å². The van der Waals surface area contributed by atoms with Crippen molar-refractivity contribution in [3.05, 3.63) is 24.0 Å².